The Morgan fingerprint density at radius 2 is 1.60 bits per heavy atom. The van der Waals surface area contributed by atoms with Crippen molar-refractivity contribution in [1.29, 1.82) is 0 Å². The van der Waals surface area contributed by atoms with Gasteiger partial charge in [0.15, 0.2) is 0 Å². The van der Waals surface area contributed by atoms with Gasteiger partial charge in [0.1, 0.15) is 5.75 Å². The molecule has 1 aliphatic heterocycles. The summed E-state index contributed by atoms with van der Waals surface area (Å²) in [5.74, 6) is 1.53. The van der Waals surface area contributed by atoms with E-state index >= 15 is 0 Å². The molecule has 1 aliphatic rings. The molecule has 0 aliphatic carbocycles. The van der Waals surface area contributed by atoms with E-state index in [-0.39, 0.29) is 10.8 Å². The van der Waals surface area contributed by atoms with E-state index in [1.165, 1.54) is 4.31 Å². The summed E-state index contributed by atoms with van der Waals surface area (Å²) in [7, 11) is -2.03. The Hall–Kier alpha value is -3.69. The number of ether oxygens (including phenoxy) is 1. The molecule has 1 saturated heterocycles. The molecule has 0 amide bonds. The lowest BCUT2D eigenvalue weighted by Crippen LogP contribution is -2.48. The van der Waals surface area contributed by atoms with Crippen molar-refractivity contribution >= 4 is 15.7 Å². The topological polar surface area (TPSA) is 88.8 Å². The second-order valence-corrected chi connectivity index (χ2v) is 10.3. The standard InChI is InChI=1S/C26H26N4O4S/c1-19-6-8-20(9-7-19)25-27-26(34-28-25)21-4-3-5-24(18-21)35(31,32)30-16-14-29(15-17-30)22-10-12-23(33-2)13-11-22/h3-13,18H,14-17H2,1-2H3. The smallest absolute Gasteiger partial charge is 0.258 e. The molecule has 0 unspecified atom stereocenters. The van der Waals surface area contributed by atoms with E-state index in [1.54, 1.807) is 31.4 Å². The van der Waals surface area contributed by atoms with Gasteiger partial charge in [0.25, 0.3) is 5.89 Å². The van der Waals surface area contributed by atoms with Gasteiger partial charge in [0.05, 0.1) is 12.0 Å². The van der Waals surface area contributed by atoms with E-state index in [9.17, 15) is 8.42 Å². The van der Waals surface area contributed by atoms with Gasteiger partial charge in [0, 0.05) is 43.0 Å². The number of benzene rings is 3. The summed E-state index contributed by atoms with van der Waals surface area (Å²) >= 11 is 0. The van der Waals surface area contributed by atoms with Crippen molar-refractivity contribution in [3.63, 3.8) is 0 Å². The number of hydrogen-bond acceptors (Lipinski definition) is 7. The number of methoxy groups -OCH3 is 1. The van der Waals surface area contributed by atoms with Crippen LogP contribution in [0.5, 0.6) is 5.75 Å². The fourth-order valence-electron chi connectivity index (χ4n) is 4.08. The van der Waals surface area contributed by atoms with Crippen molar-refractivity contribution in [1.82, 2.24) is 14.4 Å². The number of nitrogens with zero attached hydrogens (tertiary/aromatic N) is 4. The zero-order chi connectivity index (χ0) is 24.4. The van der Waals surface area contributed by atoms with Gasteiger partial charge in [-0.15, -0.1) is 0 Å². The van der Waals surface area contributed by atoms with Gasteiger partial charge < -0.3 is 14.2 Å². The predicted octanol–water partition coefficient (Wildman–Crippen LogP) is 4.23. The first-order valence-corrected chi connectivity index (χ1v) is 12.8. The average molecular weight is 491 g/mol. The van der Waals surface area contributed by atoms with Gasteiger partial charge in [-0.1, -0.05) is 41.1 Å². The highest BCUT2D eigenvalue weighted by Crippen LogP contribution is 2.27. The fourth-order valence-corrected chi connectivity index (χ4v) is 5.55. The number of piperazine rings is 1. The molecule has 0 spiro atoms. The first kappa shape index (κ1) is 23.1. The maximum Gasteiger partial charge on any atom is 0.258 e. The molecule has 0 atom stereocenters. The van der Waals surface area contributed by atoms with Crippen LogP contribution in [-0.4, -0.2) is 56.2 Å². The summed E-state index contributed by atoms with van der Waals surface area (Å²) in [5.41, 5.74) is 3.59. The van der Waals surface area contributed by atoms with Crippen molar-refractivity contribution in [2.75, 3.05) is 38.2 Å². The molecule has 4 aromatic rings. The van der Waals surface area contributed by atoms with Crippen LogP contribution < -0.4 is 9.64 Å². The van der Waals surface area contributed by atoms with Gasteiger partial charge in [-0.3, -0.25) is 0 Å². The number of sulfonamides is 1. The van der Waals surface area contributed by atoms with Gasteiger partial charge >= 0.3 is 0 Å². The maximum atomic E-state index is 13.4. The van der Waals surface area contributed by atoms with E-state index in [1.807, 2.05) is 55.5 Å². The summed E-state index contributed by atoms with van der Waals surface area (Å²) < 4.78 is 38.9. The summed E-state index contributed by atoms with van der Waals surface area (Å²) in [6.07, 6.45) is 0. The van der Waals surface area contributed by atoms with Gasteiger partial charge in [-0.25, -0.2) is 8.42 Å². The van der Waals surface area contributed by atoms with Gasteiger partial charge in [-0.05, 0) is 49.4 Å². The van der Waals surface area contributed by atoms with Crippen LogP contribution in [0.15, 0.2) is 82.2 Å². The molecule has 1 aromatic heterocycles. The van der Waals surface area contributed by atoms with Crippen LogP contribution in [0.4, 0.5) is 5.69 Å². The zero-order valence-electron chi connectivity index (χ0n) is 19.6. The first-order chi connectivity index (χ1) is 16.9. The summed E-state index contributed by atoms with van der Waals surface area (Å²) in [6.45, 7) is 4.02. The summed E-state index contributed by atoms with van der Waals surface area (Å²) in [4.78, 5) is 6.85. The molecule has 8 nitrogen and oxygen atoms in total. The van der Waals surface area contributed by atoms with Crippen LogP contribution in [0.1, 0.15) is 5.56 Å². The number of hydrogen-bond donors (Lipinski definition) is 0. The molecule has 0 radical (unpaired) electrons. The third kappa shape index (κ3) is 4.78. The van der Waals surface area contributed by atoms with E-state index in [0.717, 1.165) is 22.6 Å². The number of anilines is 1. The number of aromatic nitrogens is 2. The minimum absolute atomic E-state index is 0.211. The van der Waals surface area contributed by atoms with Gasteiger partial charge in [-0.2, -0.15) is 9.29 Å². The molecule has 0 saturated carbocycles. The normalized spacial score (nSPS) is 14.7. The quantitative estimate of drug-likeness (QED) is 0.400. The SMILES string of the molecule is COc1ccc(N2CCN(S(=O)(=O)c3cccc(-c4nc(-c5ccc(C)cc5)no4)c3)CC2)cc1. The van der Waals surface area contributed by atoms with Crippen molar-refractivity contribution in [2.45, 2.75) is 11.8 Å². The second kappa shape index (κ2) is 9.52. The van der Waals surface area contributed by atoms with Crippen molar-refractivity contribution in [3.05, 3.63) is 78.4 Å². The monoisotopic (exact) mass is 490 g/mol. The molecular weight excluding hydrogens is 464 g/mol. The third-order valence-electron chi connectivity index (χ3n) is 6.13. The van der Waals surface area contributed by atoms with E-state index < -0.39 is 10.0 Å². The van der Waals surface area contributed by atoms with Crippen molar-refractivity contribution in [2.24, 2.45) is 0 Å². The van der Waals surface area contributed by atoms with Crippen molar-refractivity contribution < 1.29 is 17.7 Å². The number of aryl methyl sites for hydroxylation is 1. The van der Waals surface area contributed by atoms with Crippen LogP contribution in [0.3, 0.4) is 0 Å². The zero-order valence-corrected chi connectivity index (χ0v) is 20.4. The molecule has 9 heteroatoms. The molecule has 1 fully saturated rings. The minimum atomic E-state index is -3.66. The Kier molecular flexibility index (Phi) is 6.27. The van der Waals surface area contributed by atoms with Crippen LogP contribution in [0.25, 0.3) is 22.8 Å². The highest BCUT2D eigenvalue weighted by atomic mass is 32.2. The molecule has 0 N–H and O–H groups in total. The molecule has 180 valence electrons. The first-order valence-electron chi connectivity index (χ1n) is 11.3. The molecule has 3 aromatic carbocycles. The molecule has 5 rings (SSSR count). The summed E-state index contributed by atoms with van der Waals surface area (Å²) in [5, 5.41) is 4.06. The van der Waals surface area contributed by atoms with Crippen LogP contribution in [0.2, 0.25) is 0 Å². The van der Waals surface area contributed by atoms with Crippen LogP contribution in [-0.2, 0) is 10.0 Å². The lowest BCUT2D eigenvalue weighted by Gasteiger charge is -2.35. The molecular formula is C26H26N4O4S. The molecule has 35 heavy (non-hydrogen) atoms. The van der Waals surface area contributed by atoms with Crippen LogP contribution >= 0.6 is 0 Å². The highest BCUT2D eigenvalue weighted by molar-refractivity contribution is 7.89. The minimum Gasteiger partial charge on any atom is -0.497 e. The Balaban J connectivity index is 1.31. The third-order valence-corrected chi connectivity index (χ3v) is 8.03. The lowest BCUT2D eigenvalue weighted by molar-refractivity contribution is 0.384. The van der Waals surface area contributed by atoms with Gasteiger partial charge in [0.2, 0.25) is 15.8 Å². The van der Waals surface area contributed by atoms with E-state index in [4.69, 9.17) is 9.26 Å². The van der Waals surface area contributed by atoms with E-state index in [2.05, 4.69) is 15.0 Å². The number of rotatable bonds is 6. The highest BCUT2D eigenvalue weighted by Gasteiger charge is 2.29. The lowest BCUT2D eigenvalue weighted by atomic mass is 10.1. The Bertz CT molecular complexity index is 1410. The van der Waals surface area contributed by atoms with E-state index in [0.29, 0.717) is 37.6 Å². The Morgan fingerprint density at radius 1 is 0.886 bits per heavy atom. The fraction of sp³-hybridized carbons (Fsp3) is 0.231. The summed E-state index contributed by atoms with van der Waals surface area (Å²) in [6, 6.07) is 22.3. The molecule has 2 heterocycles. The Labute approximate surface area is 204 Å². The van der Waals surface area contributed by atoms with Crippen LogP contribution in [0, 0.1) is 6.92 Å². The largest absolute Gasteiger partial charge is 0.497 e. The predicted molar refractivity (Wildman–Crippen MR) is 134 cm³/mol. The second-order valence-electron chi connectivity index (χ2n) is 8.41. The van der Waals surface area contributed by atoms with Crippen molar-refractivity contribution in [3.8, 4) is 28.6 Å². The average Bonchev–Trinajstić information content (AvgIpc) is 3.40. The maximum absolute atomic E-state index is 13.4. The molecule has 0 bridgehead atoms. The Morgan fingerprint density at radius 3 is 2.29 bits per heavy atom.